The monoisotopic (exact) mass is 415 g/mol. The van der Waals surface area contributed by atoms with Crippen LogP contribution < -0.4 is 11.1 Å². The second kappa shape index (κ2) is 7.61. The fourth-order valence-electron chi connectivity index (χ4n) is 3.58. The Labute approximate surface area is 169 Å². The van der Waals surface area contributed by atoms with Gasteiger partial charge in [0.25, 0.3) is 0 Å². The smallest absolute Gasteiger partial charge is 0.302 e. The molecule has 7 nitrogen and oxygen atoms in total. The van der Waals surface area contributed by atoms with E-state index in [-0.39, 0.29) is 11.4 Å². The normalized spacial score (nSPS) is 12.1. The van der Waals surface area contributed by atoms with Crippen molar-refractivity contribution < 1.29 is 8.42 Å². The van der Waals surface area contributed by atoms with Gasteiger partial charge in [-0.25, -0.2) is 12.7 Å². The van der Waals surface area contributed by atoms with E-state index in [1.807, 2.05) is 32.0 Å². The molecular weight excluding hydrogens is 390 g/mol. The molecule has 0 atom stereocenters. The zero-order chi connectivity index (χ0) is 21.5. The Morgan fingerprint density at radius 1 is 0.862 bits per heavy atom. The van der Waals surface area contributed by atoms with Crippen molar-refractivity contribution in [1.82, 2.24) is 13.4 Å². The first-order valence-electron chi connectivity index (χ1n) is 9.33. The summed E-state index contributed by atoms with van der Waals surface area (Å²) in [6.07, 6.45) is 0. The quantitative estimate of drug-likeness (QED) is 0.598. The van der Waals surface area contributed by atoms with Crippen LogP contribution in [0.2, 0.25) is 0 Å². The lowest BCUT2D eigenvalue weighted by Crippen LogP contribution is -2.41. The van der Waals surface area contributed by atoms with E-state index >= 15 is 0 Å². The van der Waals surface area contributed by atoms with Crippen LogP contribution >= 0.6 is 0 Å². The minimum Gasteiger partial charge on any atom is -0.302 e. The highest BCUT2D eigenvalue weighted by atomic mass is 32.2. The van der Waals surface area contributed by atoms with Gasteiger partial charge in [-0.05, 0) is 44.5 Å². The zero-order valence-corrected chi connectivity index (χ0v) is 18.1. The Morgan fingerprint density at radius 2 is 1.45 bits per heavy atom. The molecule has 0 unspecified atom stereocenters. The minimum absolute atomic E-state index is 0.0740. The Hall–Kier alpha value is -2.71. The molecule has 0 amide bonds. The molecule has 29 heavy (non-hydrogen) atoms. The SMILES string of the molecule is CCn1c(=O)c(=O)n(Cc2cc(C)cc(C)c2)c2cc(S(=O)(=O)N(C)C)ccc21. The maximum Gasteiger partial charge on any atom is 0.317 e. The van der Waals surface area contributed by atoms with E-state index in [0.717, 1.165) is 21.0 Å². The van der Waals surface area contributed by atoms with Gasteiger partial charge in [0.15, 0.2) is 0 Å². The number of hydrogen-bond acceptors (Lipinski definition) is 4. The van der Waals surface area contributed by atoms with Crippen LogP contribution in [0, 0.1) is 13.8 Å². The molecular formula is C21H25N3O4S. The summed E-state index contributed by atoms with van der Waals surface area (Å²) in [6.45, 7) is 6.21. The van der Waals surface area contributed by atoms with Gasteiger partial charge in [0, 0.05) is 20.6 Å². The number of aromatic nitrogens is 2. The summed E-state index contributed by atoms with van der Waals surface area (Å²) >= 11 is 0. The molecule has 3 aromatic rings. The molecule has 0 aliphatic rings. The topological polar surface area (TPSA) is 81.4 Å². The molecule has 0 spiro atoms. The van der Waals surface area contributed by atoms with E-state index < -0.39 is 21.1 Å². The van der Waals surface area contributed by atoms with Crippen LogP contribution in [0.3, 0.4) is 0 Å². The van der Waals surface area contributed by atoms with E-state index in [4.69, 9.17) is 0 Å². The van der Waals surface area contributed by atoms with Crippen LogP contribution in [0.5, 0.6) is 0 Å². The van der Waals surface area contributed by atoms with Crippen LogP contribution in [-0.4, -0.2) is 36.0 Å². The lowest BCUT2D eigenvalue weighted by atomic mass is 10.1. The van der Waals surface area contributed by atoms with E-state index in [1.165, 1.54) is 35.4 Å². The van der Waals surface area contributed by atoms with Crippen LogP contribution in [0.1, 0.15) is 23.6 Å². The lowest BCUT2D eigenvalue weighted by molar-refractivity contribution is 0.521. The van der Waals surface area contributed by atoms with Crippen LogP contribution in [-0.2, 0) is 23.1 Å². The summed E-state index contributed by atoms with van der Waals surface area (Å²) in [5, 5.41) is 0. The number of fused-ring (bicyclic) bond motifs is 1. The van der Waals surface area contributed by atoms with Crippen molar-refractivity contribution in [2.75, 3.05) is 14.1 Å². The van der Waals surface area contributed by atoms with Crippen LogP contribution in [0.4, 0.5) is 0 Å². The highest BCUT2D eigenvalue weighted by Crippen LogP contribution is 2.21. The minimum atomic E-state index is -3.68. The first kappa shape index (κ1) is 21.0. The largest absolute Gasteiger partial charge is 0.317 e. The van der Waals surface area contributed by atoms with Crippen LogP contribution in [0.15, 0.2) is 50.9 Å². The first-order chi connectivity index (χ1) is 13.6. The molecule has 3 rings (SSSR count). The fraction of sp³-hybridized carbons (Fsp3) is 0.333. The second-order valence-electron chi connectivity index (χ2n) is 7.37. The maximum absolute atomic E-state index is 12.9. The average Bonchev–Trinajstić information content (AvgIpc) is 2.64. The predicted molar refractivity (Wildman–Crippen MR) is 114 cm³/mol. The Bertz CT molecular complexity index is 1300. The van der Waals surface area contributed by atoms with Gasteiger partial charge in [0.2, 0.25) is 10.0 Å². The summed E-state index contributed by atoms with van der Waals surface area (Å²) in [4.78, 5) is 25.6. The molecule has 0 fully saturated rings. The zero-order valence-electron chi connectivity index (χ0n) is 17.3. The van der Waals surface area contributed by atoms with Gasteiger partial charge >= 0.3 is 11.1 Å². The summed E-state index contributed by atoms with van der Waals surface area (Å²) < 4.78 is 29.1. The summed E-state index contributed by atoms with van der Waals surface area (Å²) in [6, 6.07) is 10.5. The average molecular weight is 416 g/mol. The number of benzene rings is 2. The first-order valence-corrected chi connectivity index (χ1v) is 10.8. The summed E-state index contributed by atoms with van der Waals surface area (Å²) in [7, 11) is -0.776. The van der Waals surface area contributed by atoms with Gasteiger partial charge < -0.3 is 4.57 Å². The molecule has 0 aliphatic heterocycles. The van der Waals surface area contributed by atoms with E-state index in [1.54, 1.807) is 13.0 Å². The van der Waals surface area contributed by atoms with Crippen LogP contribution in [0.25, 0.3) is 11.0 Å². The standard InChI is InChI=1S/C21H25N3O4S/c1-6-23-18-8-7-17(29(27,28)22(4)5)12-19(18)24(21(26)20(23)25)13-16-10-14(2)9-15(3)11-16/h7-12H,6,13H2,1-5H3. The Morgan fingerprint density at radius 3 is 2.00 bits per heavy atom. The van der Waals surface area contributed by atoms with Crippen molar-refractivity contribution in [2.45, 2.75) is 38.8 Å². The number of nitrogens with zero attached hydrogens (tertiary/aromatic N) is 3. The van der Waals surface area contributed by atoms with E-state index in [2.05, 4.69) is 0 Å². The van der Waals surface area contributed by atoms with Crippen molar-refractivity contribution in [3.63, 3.8) is 0 Å². The molecule has 1 aromatic heterocycles. The van der Waals surface area contributed by atoms with Gasteiger partial charge in [-0.3, -0.25) is 14.2 Å². The Kier molecular flexibility index (Phi) is 5.51. The highest BCUT2D eigenvalue weighted by Gasteiger charge is 2.20. The van der Waals surface area contributed by atoms with Gasteiger partial charge in [0.1, 0.15) is 0 Å². The third-order valence-corrected chi connectivity index (χ3v) is 6.73. The van der Waals surface area contributed by atoms with Crippen molar-refractivity contribution in [3.05, 3.63) is 73.8 Å². The summed E-state index contributed by atoms with van der Waals surface area (Å²) in [5.41, 5.74) is 2.63. The molecule has 0 radical (unpaired) electrons. The maximum atomic E-state index is 12.9. The predicted octanol–water partition coefficient (Wildman–Crippen LogP) is 2.10. The van der Waals surface area contributed by atoms with Crippen molar-refractivity contribution >= 4 is 21.1 Å². The number of sulfonamides is 1. The lowest BCUT2D eigenvalue weighted by Gasteiger charge is -2.17. The molecule has 0 saturated heterocycles. The number of aryl methyl sites for hydroxylation is 3. The Balaban J connectivity index is 2.36. The molecule has 0 N–H and O–H groups in total. The third kappa shape index (κ3) is 3.77. The second-order valence-corrected chi connectivity index (χ2v) is 9.53. The highest BCUT2D eigenvalue weighted by molar-refractivity contribution is 7.89. The van der Waals surface area contributed by atoms with Crippen molar-refractivity contribution in [2.24, 2.45) is 0 Å². The van der Waals surface area contributed by atoms with E-state index in [0.29, 0.717) is 17.6 Å². The summed E-state index contributed by atoms with van der Waals surface area (Å²) in [5.74, 6) is 0. The number of rotatable bonds is 5. The van der Waals surface area contributed by atoms with Gasteiger partial charge in [-0.15, -0.1) is 0 Å². The molecule has 154 valence electrons. The molecule has 0 aliphatic carbocycles. The molecule has 8 heteroatoms. The van der Waals surface area contributed by atoms with Gasteiger partial charge in [-0.1, -0.05) is 29.3 Å². The third-order valence-electron chi connectivity index (χ3n) is 4.92. The van der Waals surface area contributed by atoms with Gasteiger partial charge in [-0.2, -0.15) is 0 Å². The molecule has 2 aromatic carbocycles. The molecule has 0 saturated carbocycles. The van der Waals surface area contributed by atoms with E-state index in [9.17, 15) is 18.0 Å². The van der Waals surface area contributed by atoms with Crippen molar-refractivity contribution in [1.29, 1.82) is 0 Å². The fourth-order valence-corrected chi connectivity index (χ4v) is 4.50. The molecule has 0 bridgehead atoms. The number of hydrogen-bond donors (Lipinski definition) is 0. The molecule has 1 heterocycles. The van der Waals surface area contributed by atoms with Gasteiger partial charge in [0.05, 0.1) is 22.5 Å². The van der Waals surface area contributed by atoms with Crippen molar-refractivity contribution in [3.8, 4) is 0 Å².